The van der Waals surface area contributed by atoms with Gasteiger partial charge >= 0.3 is 0 Å². The van der Waals surface area contributed by atoms with Crippen molar-refractivity contribution in [2.45, 2.75) is 13.0 Å². The second-order valence-electron chi connectivity index (χ2n) is 6.42. The van der Waals surface area contributed by atoms with E-state index in [1.807, 2.05) is 24.3 Å². The summed E-state index contributed by atoms with van der Waals surface area (Å²) in [6.45, 7) is 3.47. The van der Waals surface area contributed by atoms with Gasteiger partial charge in [0.2, 0.25) is 0 Å². The first-order valence-electron chi connectivity index (χ1n) is 8.50. The molecule has 1 unspecified atom stereocenters. The maximum Gasteiger partial charge on any atom is 0.267 e. The first kappa shape index (κ1) is 15.7. The third-order valence-corrected chi connectivity index (χ3v) is 4.57. The largest absolute Gasteiger partial charge is 0.458 e. The summed E-state index contributed by atoms with van der Waals surface area (Å²) in [4.78, 5) is 17.3. The van der Waals surface area contributed by atoms with Crippen LogP contribution in [0.4, 0.5) is 0 Å². The van der Waals surface area contributed by atoms with E-state index in [1.165, 1.54) is 0 Å². The zero-order valence-corrected chi connectivity index (χ0v) is 13.9. The number of hydrogen-bond acceptors (Lipinski definition) is 4. The normalized spacial score (nSPS) is 17.8. The van der Waals surface area contributed by atoms with Gasteiger partial charge in [0, 0.05) is 25.5 Å². The van der Waals surface area contributed by atoms with E-state index in [2.05, 4.69) is 25.4 Å². The fraction of sp³-hybridized carbons (Fsp3) is 0.333. The quantitative estimate of drug-likeness (QED) is 0.642. The van der Waals surface area contributed by atoms with Crippen LogP contribution in [0, 0.1) is 5.92 Å². The van der Waals surface area contributed by atoms with Crippen molar-refractivity contribution in [2.75, 3.05) is 19.6 Å². The molecule has 4 heterocycles. The van der Waals surface area contributed by atoms with Crippen LogP contribution < -0.4 is 5.32 Å². The number of carbonyl (C=O) groups excluding carboxylic acids is 1. The number of aromatic amines is 2. The van der Waals surface area contributed by atoms with Gasteiger partial charge in [-0.25, -0.2) is 0 Å². The maximum atomic E-state index is 12.0. The van der Waals surface area contributed by atoms with E-state index in [-0.39, 0.29) is 5.91 Å². The lowest BCUT2D eigenvalue weighted by Gasteiger charge is -2.14. The maximum absolute atomic E-state index is 12.0. The molecule has 1 fully saturated rings. The Hall–Kier alpha value is -2.80. The summed E-state index contributed by atoms with van der Waals surface area (Å²) in [5, 5.41) is 9.85. The fourth-order valence-corrected chi connectivity index (χ4v) is 3.25. The van der Waals surface area contributed by atoms with Crippen LogP contribution in [0.5, 0.6) is 0 Å². The van der Waals surface area contributed by atoms with Crippen molar-refractivity contribution in [3.05, 3.63) is 54.2 Å². The number of amides is 1. The number of likely N-dealkylation sites (tertiary alicyclic amines) is 1. The molecule has 3 aromatic heterocycles. The molecule has 1 amide bonds. The van der Waals surface area contributed by atoms with Crippen LogP contribution in [0.25, 0.3) is 11.5 Å². The fourth-order valence-electron chi connectivity index (χ4n) is 3.25. The monoisotopic (exact) mass is 339 g/mol. The standard InChI is InChI=1S/C18H21N5O2/c24-18(16-2-1-7-19-16)20-10-13-6-9-23(11-13)12-14-3-4-17(25-14)15-5-8-21-22-15/h1-5,7-8,13,19H,6,9-12H2,(H,20,24)(H,21,22). The van der Waals surface area contributed by atoms with Crippen LogP contribution in [0.2, 0.25) is 0 Å². The number of furan rings is 1. The number of H-pyrrole nitrogens is 2. The lowest BCUT2D eigenvalue weighted by atomic mass is 10.1. The Morgan fingerprint density at radius 3 is 3.12 bits per heavy atom. The minimum Gasteiger partial charge on any atom is -0.458 e. The highest BCUT2D eigenvalue weighted by atomic mass is 16.3. The zero-order chi connectivity index (χ0) is 17.1. The summed E-state index contributed by atoms with van der Waals surface area (Å²) in [5.41, 5.74) is 1.49. The van der Waals surface area contributed by atoms with Crippen molar-refractivity contribution in [1.82, 2.24) is 25.4 Å². The highest BCUT2D eigenvalue weighted by Gasteiger charge is 2.24. The SMILES string of the molecule is O=C(NCC1CCN(Cc2ccc(-c3ccn[nH]3)o2)C1)c1ccc[nH]1. The van der Waals surface area contributed by atoms with Crippen molar-refractivity contribution in [1.29, 1.82) is 0 Å². The van der Waals surface area contributed by atoms with E-state index < -0.39 is 0 Å². The molecule has 1 saturated heterocycles. The predicted molar refractivity (Wildman–Crippen MR) is 92.8 cm³/mol. The van der Waals surface area contributed by atoms with Crippen LogP contribution in [-0.4, -0.2) is 45.6 Å². The van der Waals surface area contributed by atoms with Crippen molar-refractivity contribution < 1.29 is 9.21 Å². The van der Waals surface area contributed by atoms with Gasteiger partial charge in [0.25, 0.3) is 5.91 Å². The Labute approximate surface area is 145 Å². The Bertz CT molecular complexity index is 807. The first-order valence-corrected chi connectivity index (χ1v) is 8.50. The molecule has 1 atom stereocenters. The van der Waals surface area contributed by atoms with Crippen LogP contribution in [-0.2, 0) is 6.54 Å². The van der Waals surface area contributed by atoms with Crippen molar-refractivity contribution in [2.24, 2.45) is 5.92 Å². The van der Waals surface area contributed by atoms with Gasteiger partial charge in [-0.2, -0.15) is 5.10 Å². The zero-order valence-electron chi connectivity index (χ0n) is 13.9. The summed E-state index contributed by atoms with van der Waals surface area (Å²) >= 11 is 0. The summed E-state index contributed by atoms with van der Waals surface area (Å²) in [5.74, 6) is 2.18. The van der Waals surface area contributed by atoms with Gasteiger partial charge in [-0.3, -0.25) is 14.8 Å². The van der Waals surface area contributed by atoms with Crippen molar-refractivity contribution >= 4 is 5.91 Å². The first-order chi connectivity index (χ1) is 12.3. The molecule has 25 heavy (non-hydrogen) atoms. The van der Waals surface area contributed by atoms with E-state index in [4.69, 9.17) is 4.42 Å². The predicted octanol–water partition coefficient (Wildman–Crippen LogP) is 2.25. The number of hydrogen-bond donors (Lipinski definition) is 3. The highest BCUT2D eigenvalue weighted by molar-refractivity contribution is 5.92. The van der Waals surface area contributed by atoms with Crippen LogP contribution in [0.15, 0.2) is 47.1 Å². The molecule has 0 aliphatic carbocycles. The topological polar surface area (TPSA) is 89.9 Å². The highest BCUT2D eigenvalue weighted by Crippen LogP contribution is 2.23. The second-order valence-corrected chi connectivity index (χ2v) is 6.42. The molecule has 0 spiro atoms. The molecule has 0 saturated carbocycles. The molecular formula is C18H21N5O2. The van der Waals surface area contributed by atoms with E-state index in [1.54, 1.807) is 18.5 Å². The number of nitrogens with one attached hydrogen (secondary N) is 3. The molecule has 1 aliphatic heterocycles. The van der Waals surface area contributed by atoms with Gasteiger partial charge in [0.15, 0.2) is 5.76 Å². The van der Waals surface area contributed by atoms with Gasteiger partial charge in [-0.05, 0) is 49.2 Å². The van der Waals surface area contributed by atoms with Crippen molar-refractivity contribution in [3.8, 4) is 11.5 Å². The van der Waals surface area contributed by atoms with Gasteiger partial charge in [-0.15, -0.1) is 0 Å². The van der Waals surface area contributed by atoms with Gasteiger partial charge in [0.05, 0.1) is 6.54 Å². The number of nitrogens with zero attached hydrogens (tertiary/aromatic N) is 2. The van der Waals surface area contributed by atoms with E-state index in [9.17, 15) is 4.79 Å². The molecule has 3 aromatic rings. The number of rotatable bonds is 6. The van der Waals surface area contributed by atoms with Gasteiger partial charge in [0.1, 0.15) is 17.1 Å². The van der Waals surface area contributed by atoms with E-state index in [0.717, 1.165) is 43.3 Å². The number of carbonyl (C=O) groups is 1. The van der Waals surface area contributed by atoms with Gasteiger partial charge in [-0.1, -0.05) is 0 Å². The summed E-state index contributed by atoms with van der Waals surface area (Å²) in [7, 11) is 0. The molecule has 7 nitrogen and oxygen atoms in total. The lowest BCUT2D eigenvalue weighted by molar-refractivity contribution is 0.0943. The Kier molecular flexibility index (Phi) is 4.39. The molecule has 1 aliphatic rings. The Balaban J connectivity index is 1.26. The smallest absolute Gasteiger partial charge is 0.267 e. The molecule has 4 rings (SSSR count). The summed E-state index contributed by atoms with van der Waals surface area (Å²) < 4.78 is 5.89. The van der Waals surface area contributed by atoms with Crippen LogP contribution in [0.3, 0.4) is 0 Å². The molecule has 0 bridgehead atoms. The summed E-state index contributed by atoms with van der Waals surface area (Å²) in [6.07, 6.45) is 4.55. The Morgan fingerprint density at radius 2 is 2.32 bits per heavy atom. The number of aromatic nitrogens is 3. The average molecular weight is 339 g/mol. The molecule has 0 aromatic carbocycles. The third-order valence-electron chi connectivity index (χ3n) is 4.57. The molecular weight excluding hydrogens is 318 g/mol. The van der Waals surface area contributed by atoms with Crippen LogP contribution in [0.1, 0.15) is 22.7 Å². The van der Waals surface area contributed by atoms with Crippen molar-refractivity contribution in [3.63, 3.8) is 0 Å². The second kappa shape index (κ2) is 6.98. The molecule has 0 radical (unpaired) electrons. The van der Waals surface area contributed by atoms with Gasteiger partial charge < -0.3 is 14.7 Å². The average Bonchev–Trinajstić information content (AvgIpc) is 3.40. The minimum atomic E-state index is -0.0429. The molecule has 130 valence electrons. The van der Waals surface area contributed by atoms with E-state index >= 15 is 0 Å². The third kappa shape index (κ3) is 3.66. The van der Waals surface area contributed by atoms with E-state index in [0.29, 0.717) is 18.2 Å². The van der Waals surface area contributed by atoms with Crippen LogP contribution >= 0.6 is 0 Å². The molecule has 7 heteroatoms. The lowest BCUT2D eigenvalue weighted by Crippen LogP contribution is -2.31. The Morgan fingerprint density at radius 1 is 1.36 bits per heavy atom. The molecule has 3 N–H and O–H groups in total. The summed E-state index contributed by atoms with van der Waals surface area (Å²) in [6, 6.07) is 9.47. The minimum absolute atomic E-state index is 0.0429.